The van der Waals surface area contributed by atoms with E-state index in [2.05, 4.69) is 4.98 Å². The summed E-state index contributed by atoms with van der Waals surface area (Å²) in [4.78, 5) is 15.4. The first-order valence-electron chi connectivity index (χ1n) is 5.98. The van der Waals surface area contributed by atoms with Gasteiger partial charge >= 0.3 is 0 Å². The van der Waals surface area contributed by atoms with Gasteiger partial charge in [0.15, 0.2) is 17.9 Å². The van der Waals surface area contributed by atoms with Crippen molar-refractivity contribution in [1.82, 2.24) is 9.38 Å². The first-order chi connectivity index (χ1) is 9.58. The number of pyridine rings is 1. The molecule has 0 N–H and O–H groups in total. The Hall–Kier alpha value is -2.56. The van der Waals surface area contributed by atoms with Gasteiger partial charge in [-0.1, -0.05) is 0 Å². The van der Waals surface area contributed by atoms with Crippen molar-refractivity contribution in [2.45, 2.75) is 6.92 Å². The second kappa shape index (κ2) is 4.52. The number of carbonyl (C=O) groups is 1. The van der Waals surface area contributed by atoms with Gasteiger partial charge in [-0.15, -0.1) is 0 Å². The molecule has 0 saturated heterocycles. The van der Waals surface area contributed by atoms with E-state index < -0.39 is 11.6 Å². The molecule has 0 spiro atoms. The van der Waals surface area contributed by atoms with Crippen molar-refractivity contribution in [3.63, 3.8) is 0 Å². The van der Waals surface area contributed by atoms with E-state index in [1.807, 2.05) is 13.1 Å². The third-order valence-electron chi connectivity index (χ3n) is 3.06. The fraction of sp³-hybridized carbons (Fsp3) is 0.0667. The lowest BCUT2D eigenvalue weighted by atomic mass is 10.1. The molecule has 100 valence electrons. The smallest absolute Gasteiger partial charge is 0.159 e. The summed E-state index contributed by atoms with van der Waals surface area (Å²) < 4.78 is 27.9. The number of rotatable bonds is 2. The molecule has 0 fully saturated rings. The number of aldehydes is 1. The van der Waals surface area contributed by atoms with Crippen LogP contribution in [0.15, 0.2) is 36.7 Å². The minimum atomic E-state index is -0.925. The predicted octanol–water partition coefficient (Wildman–Crippen LogP) is 3.40. The number of carbonyl (C=O) groups excluding carboxylic acids is 1. The number of fused-ring (bicyclic) bond motifs is 1. The highest BCUT2D eigenvalue weighted by Crippen LogP contribution is 2.22. The van der Waals surface area contributed by atoms with Crippen molar-refractivity contribution >= 4 is 11.9 Å². The maximum absolute atomic E-state index is 13.3. The maximum atomic E-state index is 13.3. The Morgan fingerprint density at radius 1 is 1.15 bits per heavy atom. The second-order valence-corrected chi connectivity index (χ2v) is 4.58. The molecule has 2 aromatic heterocycles. The number of imidazole rings is 1. The van der Waals surface area contributed by atoms with E-state index in [0.717, 1.165) is 24.0 Å². The number of aryl methyl sites for hydroxylation is 1. The third-order valence-corrected chi connectivity index (χ3v) is 3.06. The lowest BCUT2D eigenvalue weighted by Gasteiger charge is -1.98. The van der Waals surface area contributed by atoms with Crippen LogP contribution in [0, 0.1) is 18.6 Å². The fourth-order valence-corrected chi connectivity index (χ4v) is 2.15. The van der Waals surface area contributed by atoms with Gasteiger partial charge in [-0.3, -0.25) is 4.79 Å². The summed E-state index contributed by atoms with van der Waals surface area (Å²) in [6.45, 7) is 1.86. The largest absolute Gasteiger partial charge is 0.306 e. The van der Waals surface area contributed by atoms with Crippen LogP contribution in [0.1, 0.15) is 15.9 Å². The molecule has 0 radical (unpaired) electrons. The standard InChI is InChI=1S/C15H10F2N2O/c1-9-4-11(8-20)15-18-14(7-19(15)6-9)10-2-3-12(16)13(17)5-10/h2-8H,1H3. The normalized spacial score (nSPS) is 10.9. The van der Waals surface area contributed by atoms with Crippen LogP contribution in [0.3, 0.4) is 0 Å². The minimum absolute atomic E-state index is 0.457. The van der Waals surface area contributed by atoms with Crippen molar-refractivity contribution < 1.29 is 13.6 Å². The molecule has 3 nitrogen and oxygen atoms in total. The fourth-order valence-electron chi connectivity index (χ4n) is 2.15. The molecule has 0 aliphatic rings. The first kappa shape index (κ1) is 12.5. The summed E-state index contributed by atoms with van der Waals surface area (Å²) in [5, 5.41) is 0. The van der Waals surface area contributed by atoms with Crippen molar-refractivity contribution in [2.24, 2.45) is 0 Å². The van der Waals surface area contributed by atoms with Gasteiger partial charge in [0.25, 0.3) is 0 Å². The Morgan fingerprint density at radius 2 is 1.95 bits per heavy atom. The first-order valence-corrected chi connectivity index (χ1v) is 5.98. The van der Waals surface area contributed by atoms with Gasteiger partial charge in [-0.25, -0.2) is 13.8 Å². The second-order valence-electron chi connectivity index (χ2n) is 4.58. The SMILES string of the molecule is Cc1cc(C=O)c2nc(-c3ccc(F)c(F)c3)cn2c1. The van der Waals surface area contributed by atoms with Crippen molar-refractivity contribution in [3.8, 4) is 11.3 Å². The van der Waals surface area contributed by atoms with E-state index in [1.165, 1.54) is 6.07 Å². The Labute approximate surface area is 113 Å². The van der Waals surface area contributed by atoms with Gasteiger partial charge < -0.3 is 4.40 Å². The zero-order valence-electron chi connectivity index (χ0n) is 10.6. The van der Waals surface area contributed by atoms with E-state index in [9.17, 15) is 13.6 Å². The predicted molar refractivity (Wildman–Crippen MR) is 70.7 cm³/mol. The molecule has 1 aromatic carbocycles. The van der Waals surface area contributed by atoms with Crippen LogP contribution in [-0.4, -0.2) is 15.7 Å². The Kier molecular flexibility index (Phi) is 2.82. The number of hydrogen-bond acceptors (Lipinski definition) is 2. The van der Waals surface area contributed by atoms with Crippen LogP contribution >= 0.6 is 0 Å². The average molecular weight is 272 g/mol. The third kappa shape index (κ3) is 1.97. The molecule has 2 heterocycles. The lowest BCUT2D eigenvalue weighted by molar-refractivity contribution is 0.112. The minimum Gasteiger partial charge on any atom is -0.306 e. The van der Waals surface area contributed by atoms with Crippen molar-refractivity contribution in [3.05, 3.63) is 59.4 Å². The maximum Gasteiger partial charge on any atom is 0.159 e. The van der Waals surface area contributed by atoms with E-state index in [-0.39, 0.29) is 0 Å². The van der Waals surface area contributed by atoms with E-state index in [1.54, 1.807) is 16.7 Å². The van der Waals surface area contributed by atoms with E-state index in [4.69, 9.17) is 0 Å². The summed E-state index contributed by atoms with van der Waals surface area (Å²) in [7, 11) is 0. The molecule has 0 aliphatic carbocycles. The molecule has 0 amide bonds. The quantitative estimate of drug-likeness (QED) is 0.670. The zero-order valence-corrected chi connectivity index (χ0v) is 10.6. The summed E-state index contributed by atoms with van der Waals surface area (Å²) in [5.41, 5.74) is 2.80. The van der Waals surface area contributed by atoms with E-state index >= 15 is 0 Å². The van der Waals surface area contributed by atoms with Gasteiger partial charge in [0.2, 0.25) is 0 Å². The summed E-state index contributed by atoms with van der Waals surface area (Å²) >= 11 is 0. The Balaban J connectivity index is 2.22. The molecule has 0 atom stereocenters. The number of nitrogens with zero attached hydrogens (tertiary/aromatic N) is 2. The van der Waals surface area contributed by atoms with E-state index in [0.29, 0.717) is 22.5 Å². The summed E-state index contributed by atoms with van der Waals surface area (Å²) in [6, 6.07) is 5.32. The highest BCUT2D eigenvalue weighted by Gasteiger charge is 2.10. The van der Waals surface area contributed by atoms with Crippen LogP contribution in [0.2, 0.25) is 0 Å². The Morgan fingerprint density at radius 3 is 2.65 bits per heavy atom. The molecule has 20 heavy (non-hydrogen) atoms. The topological polar surface area (TPSA) is 34.4 Å². The van der Waals surface area contributed by atoms with Crippen LogP contribution in [-0.2, 0) is 0 Å². The number of halogens is 2. The molecular formula is C15H10F2N2O. The molecule has 0 saturated carbocycles. The summed E-state index contributed by atoms with van der Waals surface area (Å²) in [6.07, 6.45) is 4.23. The van der Waals surface area contributed by atoms with Crippen LogP contribution in [0.25, 0.3) is 16.9 Å². The lowest BCUT2D eigenvalue weighted by Crippen LogP contribution is -1.91. The van der Waals surface area contributed by atoms with Crippen LogP contribution < -0.4 is 0 Å². The van der Waals surface area contributed by atoms with Gasteiger partial charge in [0, 0.05) is 18.0 Å². The van der Waals surface area contributed by atoms with Gasteiger partial charge in [-0.05, 0) is 36.8 Å². The highest BCUT2D eigenvalue weighted by atomic mass is 19.2. The van der Waals surface area contributed by atoms with Crippen molar-refractivity contribution in [2.75, 3.05) is 0 Å². The molecule has 3 aromatic rings. The monoisotopic (exact) mass is 272 g/mol. The van der Waals surface area contributed by atoms with Crippen LogP contribution in [0.5, 0.6) is 0 Å². The number of benzene rings is 1. The number of aromatic nitrogens is 2. The van der Waals surface area contributed by atoms with Crippen molar-refractivity contribution in [1.29, 1.82) is 0 Å². The van der Waals surface area contributed by atoms with Gasteiger partial charge in [0.1, 0.15) is 5.65 Å². The Bertz CT molecular complexity index is 824. The summed E-state index contributed by atoms with van der Waals surface area (Å²) in [5.74, 6) is -1.83. The number of hydrogen-bond donors (Lipinski definition) is 0. The highest BCUT2D eigenvalue weighted by molar-refractivity contribution is 5.85. The van der Waals surface area contributed by atoms with Gasteiger partial charge in [-0.2, -0.15) is 0 Å². The molecular weight excluding hydrogens is 262 g/mol. The van der Waals surface area contributed by atoms with Gasteiger partial charge in [0.05, 0.1) is 11.3 Å². The molecule has 3 rings (SSSR count). The van der Waals surface area contributed by atoms with Crippen LogP contribution in [0.4, 0.5) is 8.78 Å². The zero-order chi connectivity index (χ0) is 14.3. The molecule has 0 bridgehead atoms. The average Bonchev–Trinajstić information content (AvgIpc) is 2.84. The molecule has 0 unspecified atom stereocenters. The molecule has 5 heteroatoms. The molecule has 0 aliphatic heterocycles.